The van der Waals surface area contributed by atoms with Crippen LogP contribution in [0.2, 0.25) is 5.02 Å². The van der Waals surface area contributed by atoms with Crippen LogP contribution in [0.3, 0.4) is 0 Å². The number of piperazine rings is 1. The van der Waals surface area contributed by atoms with Crippen molar-refractivity contribution in [1.29, 1.82) is 0 Å². The number of amidine groups is 1. The average molecular weight is 483 g/mol. The second kappa shape index (κ2) is 8.68. The summed E-state index contributed by atoms with van der Waals surface area (Å²) in [4.78, 5) is 21.0. The Balaban J connectivity index is 1.63. The van der Waals surface area contributed by atoms with Crippen molar-refractivity contribution in [3.63, 3.8) is 0 Å². The Morgan fingerprint density at radius 1 is 1.12 bits per heavy atom. The highest BCUT2D eigenvalue weighted by Crippen LogP contribution is 2.36. The Bertz CT molecular complexity index is 1090. The minimum atomic E-state index is -4.48. The van der Waals surface area contributed by atoms with E-state index in [1.54, 1.807) is 18.2 Å². The lowest BCUT2D eigenvalue weighted by Gasteiger charge is -2.39. The van der Waals surface area contributed by atoms with Crippen molar-refractivity contribution in [2.45, 2.75) is 26.6 Å². The third kappa shape index (κ3) is 4.75. The van der Waals surface area contributed by atoms with Gasteiger partial charge in [-0.3, -0.25) is 9.69 Å². The van der Waals surface area contributed by atoms with E-state index in [2.05, 4.69) is 4.90 Å². The SMILES string of the molecule is COC(=O)C(C)(C)CN1CCN(C2=Nc3ccc(Cl)cc3Cn3c2ccc3C(F)(F)F)CC1. The van der Waals surface area contributed by atoms with Gasteiger partial charge in [0.1, 0.15) is 5.69 Å². The molecule has 0 N–H and O–H groups in total. The number of aromatic nitrogens is 1. The first-order chi connectivity index (χ1) is 15.5. The van der Waals surface area contributed by atoms with E-state index in [0.29, 0.717) is 60.5 Å². The maximum atomic E-state index is 13.7. The molecule has 2 aliphatic heterocycles. The van der Waals surface area contributed by atoms with Gasteiger partial charge in [-0.05, 0) is 49.7 Å². The molecule has 1 saturated heterocycles. The number of halogens is 4. The number of rotatable bonds is 3. The van der Waals surface area contributed by atoms with Gasteiger partial charge in [0.15, 0.2) is 5.84 Å². The Kier molecular flexibility index (Phi) is 6.22. The van der Waals surface area contributed by atoms with E-state index in [4.69, 9.17) is 21.3 Å². The molecule has 1 fully saturated rings. The van der Waals surface area contributed by atoms with Gasteiger partial charge >= 0.3 is 12.1 Å². The number of aliphatic imine (C=N–C) groups is 1. The van der Waals surface area contributed by atoms with Crippen LogP contribution < -0.4 is 0 Å². The summed E-state index contributed by atoms with van der Waals surface area (Å²) in [6.45, 7) is 6.71. The summed E-state index contributed by atoms with van der Waals surface area (Å²) in [6, 6.07) is 7.70. The summed E-state index contributed by atoms with van der Waals surface area (Å²) in [5, 5.41) is 0.455. The molecule has 0 amide bonds. The van der Waals surface area contributed by atoms with Crippen molar-refractivity contribution in [1.82, 2.24) is 14.4 Å². The van der Waals surface area contributed by atoms with E-state index < -0.39 is 17.3 Å². The monoisotopic (exact) mass is 482 g/mol. The van der Waals surface area contributed by atoms with Crippen LogP contribution in [-0.4, -0.2) is 66.0 Å². The number of esters is 1. The van der Waals surface area contributed by atoms with Crippen LogP contribution in [0.25, 0.3) is 0 Å². The number of benzene rings is 1. The molecule has 4 rings (SSSR count). The third-order valence-corrected chi connectivity index (χ3v) is 6.36. The molecule has 2 aliphatic rings. The highest BCUT2D eigenvalue weighted by atomic mass is 35.5. The zero-order valence-electron chi connectivity index (χ0n) is 18.7. The van der Waals surface area contributed by atoms with Gasteiger partial charge < -0.3 is 14.2 Å². The summed E-state index contributed by atoms with van der Waals surface area (Å²) >= 11 is 6.12. The lowest BCUT2D eigenvalue weighted by atomic mass is 9.92. The predicted octanol–water partition coefficient (Wildman–Crippen LogP) is 4.42. The number of methoxy groups -OCH3 is 1. The fourth-order valence-electron chi connectivity index (χ4n) is 4.46. The van der Waals surface area contributed by atoms with Gasteiger partial charge in [0, 0.05) is 37.7 Å². The number of alkyl halides is 3. The van der Waals surface area contributed by atoms with E-state index in [-0.39, 0.29) is 12.5 Å². The van der Waals surface area contributed by atoms with E-state index in [1.165, 1.54) is 17.7 Å². The topological polar surface area (TPSA) is 50.1 Å². The Morgan fingerprint density at radius 3 is 2.45 bits per heavy atom. The normalized spacial score (nSPS) is 17.2. The van der Waals surface area contributed by atoms with Crippen molar-refractivity contribution in [2.75, 3.05) is 39.8 Å². The minimum absolute atomic E-state index is 0.0351. The van der Waals surface area contributed by atoms with E-state index in [0.717, 1.165) is 6.07 Å². The van der Waals surface area contributed by atoms with E-state index >= 15 is 0 Å². The maximum absolute atomic E-state index is 13.7. The van der Waals surface area contributed by atoms with E-state index in [9.17, 15) is 18.0 Å². The number of hydrogen-bond acceptors (Lipinski definition) is 5. The average Bonchev–Trinajstić information content (AvgIpc) is 3.10. The lowest BCUT2D eigenvalue weighted by molar-refractivity contribution is -0.152. The first-order valence-corrected chi connectivity index (χ1v) is 11.1. The van der Waals surface area contributed by atoms with Crippen molar-refractivity contribution in [2.24, 2.45) is 10.4 Å². The van der Waals surface area contributed by atoms with Crippen LogP contribution in [0.4, 0.5) is 18.9 Å². The standard InChI is InChI=1S/C23H26ClF3N4O2/c1-22(2,21(32)33-3)14-29-8-10-30(11-9-29)20-18-6-7-19(23(25,26)27)31(18)13-15-12-16(24)4-5-17(15)28-20/h4-7,12H,8-11,13-14H2,1-3H3. The summed E-state index contributed by atoms with van der Waals surface area (Å²) in [7, 11) is 1.38. The predicted molar refractivity (Wildman–Crippen MR) is 120 cm³/mol. The highest BCUT2D eigenvalue weighted by molar-refractivity contribution is 6.30. The van der Waals surface area contributed by atoms with Crippen molar-refractivity contribution >= 4 is 29.1 Å². The number of carbonyl (C=O) groups excluding carboxylic acids is 1. The number of nitrogens with zero attached hydrogens (tertiary/aromatic N) is 4. The van der Waals surface area contributed by atoms with Crippen LogP contribution in [-0.2, 0) is 22.3 Å². The van der Waals surface area contributed by atoms with Crippen LogP contribution in [0, 0.1) is 5.41 Å². The van der Waals surface area contributed by atoms with Gasteiger partial charge in [-0.1, -0.05) is 11.6 Å². The first-order valence-electron chi connectivity index (χ1n) is 10.7. The van der Waals surface area contributed by atoms with Crippen molar-refractivity contribution in [3.05, 3.63) is 52.3 Å². The van der Waals surface area contributed by atoms with Crippen LogP contribution in [0.5, 0.6) is 0 Å². The summed E-state index contributed by atoms with van der Waals surface area (Å²) in [6.07, 6.45) is -4.48. The van der Waals surface area contributed by atoms with Gasteiger partial charge in [0.2, 0.25) is 0 Å². The Hall–Kier alpha value is -2.52. The molecule has 1 aromatic heterocycles. The number of fused-ring (bicyclic) bond motifs is 2. The molecule has 178 valence electrons. The third-order valence-electron chi connectivity index (χ3n) is 6.13. The van der Waals surface area contributed by atoms with Crippen LogP contribution in [0.1, 0.15) is 30.8 Å². The maximum Gasteiger partial charge on any atom is 0.431 e. The van der Waals surface area contributed by atoms with Gasteiger partial charge in [-0.2, -0.15) is 13.2 Å². The number of carbonyl (C=O) groups is 1. The molecule has 1 aromatic carbocycles. The fourth-order valence-corrected chi connectivity index (χ4v) is 4.66. The molecular weight excluding hydrogens is 457 g/mol. The summed E-state index contributed by atoms with van der Waals surface area (Å²) < 4.78 is 47.3. The molecule has 0 atom stereocenters. The van der Waals surface area contributed by atoms with Gasteiger partial charge in [-0.25, -0.2) is 4.99 Å². The lowest BCUT2D eigenvalue weighted by Crippen LogP contribution is -2.52. The smallest absolute Gasteiger partial charge is 0.431 e. The molecule has 0 radical (unpaired) electrons. The molecule has 2 aromatic rings. The van der Waals surface area contributed by atoms with Crippen molar-refractivity contribution < 1.29 is 22.7 Å². The van der Waals surface area contributed by atoms with Gasteiger partial charge in [0.05, 0.1) is 30.5 Å². The zero-order chi connectivity index (χ0) is 24.0. The Morgan fingerprint density at radius 2 is 1.82 bits per heavy atom. The minimum Gasteiger partial charge on any atom is -0.469 e. The largest absolute Gasteiger partial charge is 0.469 e. The Labute approximate surface area is 195 Å². The molecule has 0 unspecified atom stereocenters. The highest BCUT2D eigenvalue weighted by Gasteiger charge is 2.38. The second-order valence-corrected chi connectivity index (χ2v) is 9.47. The first kappa shape index (κ1) is 23.6. The molecule has 0 aliphatic carbocycles. The van der Waals surface area contributed by atoms with Gasteiger partial charge in [0.25, 0.3) is 0 Å². The number of hydrogen-bond donors (Lipinski definition) is 0. The molecule has 0 spiro atoms. The molecule has 33 heavy (non-hydrogen) atoms. The van der Waals surface area contributed by atoms with Crippen LogP contribution >= 0.6 is 11.6 Å². The quantitative estimate of drug-likeness (QED) is 0.608. The second-order valence-electron chi connectivity index (χ2n) is 9.03. The van der Waals surface area contributed by atoms with E-state index in [1.807, 2.05) is 18.7 Å². The summed E-state index contributed by atoms with van der Waals surface area (Å²) in [5.41, 5.74) is 0.319. The zero-order valence-corrected chi connectivity index (χ0v) is 19.5. The molecule has 0 saturated carbocycles. The molecule has 0 bridgehead atoms. The number of ether oxygens (including phenoxy) is 1. The molecule has 3 heterocycles. The molecule has 6 nitrogen and oxygen atoms in total. The van der Waals surface area contributed by atoms with Crippen molar-refractivity contribution in [3.8, 4) is 0 Å². The van der Waals surface area contributed by atoms with Gasteiger partial charge in [-0.15, -0.1) is 0 Å². The molecular formula is C23H26ClF3N4O2. The fraction of sp³-hybridized carbons (Fsp3) is 0.478. The van der Waals surface area contributed by atoms with Crippen LogP contribution in [0.15, 0.2) is 35.3 Å². The summed E-state index contributed by atoms with van der Waals surface area (Å²) in [5.74, 6) is 0.240. The molecule has 10 heteroatoms.